The molecule has 0 aliphatic heterocycles. The van der Waals surface area contributed by atoms with Gasteiger partial charge in [0.1, 0.15) is 0 Å². The molecule has 4 nitrogen and oxygen atoms in total. The van der Waals surface area contributed by atoms with Crippen molar-refractivity contribution in [2.24, 2.45) is 0 Å². The van der Waals surface area contributed by atoms with Crippen molar-refractivity contribution in [3.05, 3.63) is 54.9 Å². The Hall–Kier alpha value is -1.34. The van der Waals surface area contributed by atoms with E-state index in [1.165, 1.54) is 0 Å². The molecule has 8 heteroatoms. The highest BCUT2D eigenvalue weighted by atomic mass is 79.9. The molecular formula is C15H7BrCl2N2O2S. The Morgan fingerprint density at radius 1 is 1.35 bits per heavy atom. The van der Waals surface area contributed by atoms with E-state index >= 15 is 0 Å². The number of carboxylic acids is 1. The van der Waals surface area contributed by atoms with Crippen LogP contribution in [0.15, 0.2) is 28.1 Å². The smallest absolute Gasteiger partial charge is 0.356 e. The number of halogens is 3. The van der Waals surface area contributed by atoms with Crippen molar-refractivity contribution in [3.63, 3.8) is 0 Å². The molecule has 0 amide bonds. The number of carbonyl (C=O) groups is 1. The maximum Gasteiger partial charge on any atom is 0.356 e. The van der Waals surface area contributed by atoms with Gasteiger partial charge in [0, 0.05) is 17.0 Å². The highest BCUT2D eigenvalue weighted by molar-refractivity contribution is 9.11. The molecule has 1 aromatic carbocycles. The van der Waals surface area contributed by atoms with Gasteiger partial charge >= 0.3 is 5.97 Å². The molecule has 0 bridgehead atoms. The fourth-order valence-corrected chi connectivity index (χ4v) is 4.98. The maximum atomic E-state index is 11.5. The summed E-state index contributed by atoms with van der Waals surface area (Å²) >= 11 is 17.3. The number of hydrogen-bond donors (Lipinski definition) is 1. The zero-order valence-corrected chi connectivity index (χ0v) is 15.2. The van der Waals surface area contributed by atoms with Gasteiger partial charge in [0.15, 0.2) is 5.69 Å². The summed E-state index contributed by atoms with van der Waals surface area (Å²) in [5, 5.41) is 14.7. The summed E-state index contributed by atoms with van der Waals surface area (Å²) in [4.78, 5) is 12.6. The minimum atomic E-state index is -1.04. The van der Waals surface area contributed by atoms with Gasteiger partial charge in [-0.15, -0.1) is 11.3 Å². The molecule has 0 spiro atoms. The lowest BCUT2D eigenvalue weighted by Crippen LogP contribution is -2.04. The van der Waals surface area contributed by atoms with E-state index in [4.69, 9.17) is 23.2 Å². The van der Waals surface area contributed by atoms with Crippen LogP contribution in [0.5, 0.6) is 0 Å². The average Bonchev–Trinajstić information content (AvgIpc) is 3.08. The van der Waals surface area contributed by atoms with Crippen LogP contribution in [0.3, 0.4) is 0 Å². The topological polar surface area (TPSA) is 55.1 Å². The summed E-state index contributed by atoms with van der Waals surface area (Å²) in [5.41, 5.74) is 3.27. The Balaban J connectivity index is 2.02. The second-order valence-electron chi connectivity index (χ2n) is 5.07. The SMILES string of the molecule is O=C(O)c1nn(-c2ccc(Cl)cc2Cl)c2c1Cc1cc(Br)sc1-2. The van der Waals surface area contributed by atoms with Crippen molar-refractivity contribution < 1.29 is 9.90 Å². The predicted molar refractivity (Wildman–Crippen MR) is 94.4 cm³/mol. The van der Waals surface area contributed by atoms with Gasteiger partial charge in [-0.3, -0.25) is 0 Å². The molecule has 1 aliphatic carbocycles. The van der Waals surface area contributed by atoms with Crippen molar-refractivity contribution in [1.82, 2.24) is 9.78 Å². The number of thiophene rings is 1. The van der Waals surface area contributed by atoms with E-state index < -0.39 is 5.97 Å². The molecule has 3 aromatic rings. The standard InChI is InChI=1S/C15H7BrCl2N2O2S/c16-11-4-6-3-8-12(15(21)22)19-20(13(8)14(6)23-11)10-2-1-7(17)5-9(10)18/h1-2,4-5H,3H2,(H,21,22). The van der Waals surface area contributed by atoms with Crippen molar-refractivity contribution in [2.45, 2.75) is 6.42 Å². The molecule has 116 valence electrons. The monoisotopic (exact) mass is 428 g/mol. The third-order valence-electron chi connectivity index (χ3n) is 3.69. The third-order valence-corrected chi connectivity index (χ3v) is 5.91. The summed E-state index contributed by atoms with van der Waals surface area (Å²) in [6.07, 6.45) is 0.555. The molecule has 0 saturated carbocycles. The lowest BCUT2D eigenvalue weighted by molar-refractivity contribution is 0.0689. The third kappa shape index (κ3) is 2.32. The highest BCUT2D eigenvalue weighted by Gasteiger charge is 2.33. The minimum absolute atomic E-state index is 0.0607. The van der Waals surface area contributed by atoms with E-state index in [1.807, 2.05) is 6.07 Å². The summed E-state index contributed by atoms with van der Waals surface area (Å²) in [6, 6.07) is 7.08. The zero-order chi connectivity index (χ0) is 16.3. The van der Waals surface area contributed by atoms with Crippen LogP contribution in [0.1, 0.15) is 21.6 Å². The second kappa shape index (κ2) is 5.34. The van der Waals surface area contributed by atoms with Crippen molar-refractivity contribution in [2.75, 3.05) is 0 Å². The second-order valence-corrected chi connectivity index (χ2v) is 8.35. The van der Waals surface area contributed by atoms with Crippen LogP contribution in [0.25, 0.3) is 16.3 Å². The van der Waals surface area contributed by atoms with E-state index in [0.29, 0.717) is 22.2 Å². The first-order valence-electron chi connectivity index (χ1n) is 6.55. The highest BCUT2D eigenvalue weighted by Crippen LogP contribution is 2.46. The maximum absolute atomic E-state index is 11.5. The van der Waals surface area contributed by atoms with Crippen molar-refractivity contribution >= 4 is 56.4 Å². The van der Waals surface area contributed by atoms with Gasteiger partial charge in [0.2, 0.25) is 0 Å². The first kappa shape index (κ1) is 15.2. The molecule has 23 heavy (non-hydrogen) atoms. The molecule has 0 radical (unpaired) electrons. The quantitative estimate of drug-likeness (QED) is 0.472. The van der Waals surface area contributed by atoms with Gasteiger partial charge in [-0.25, -0.2) is 9.48 Å². The lowest BCUT2D eigenvalue weighted by atomic mass is 10.1. The summed E-state index contributed by atoms with van der Waals surface area (Å²) < 4.78 is 2.60. The molecule has 2 heterocycles. The Morgan fingerprint density at radius 3 is 2.83 bits per heavy atom. The van der Waals surface area contributed by atoms with Crippen LogP contribution in [0, 0.1) is 0 Å². The summed E-state index contributed by atoms with van der Waals surface area (Å²) in [6.45, 7) is 0. The van der Waals surface area contributed by atoms with Gasteiger partial charge in [0.05, 0.1) is 25.1 Å². The van der Waals surface area contributed by atoms with Gasteiger partial charge in [-0.05, 0) is 45.8 Å². The fourth-order valence-electron chi connectivity index (χ4n) is 2.77. The zero-order valence-electron chi connectivity index (χ0n) is 11.3. The van der Waals surface area contributed by atoms with Gasteiger partial charge < -0.3 is 5.11 Å². The van der Waals surface area contributed by atoms with Crippen LogP contribution in [0.2, 0.25) is 10.0 Å². The van der Waals surface area contributed by atoms with Gasteiger partial charge in [0.25, 0.3) is 0 Å². The molecule has 1 N–H and O–H groups in total. The fraction of sp³-hybridized carbons (Fsp3) is 0.0667. The minimum Gasteiger partial charge on any atom is -0.476 e. The molecule has 0 fully saturated rings. The Morgan fingerprint density at radius 2 is 2.13 bits per heavy atom. The van der Waals surface area contributed by atoms with E-state index in [1.54, 1.807) is 34.2 Å². The molecular weight excluding hydrogens is 423 g/mol. The number of carboxylic acid groups (broad SMARTS) is 1. The van der Waals surface area contributed by atoms with E-state index in [2.05, 4.69) is 21.0 Å². The first-order valence-corrected chi connectivity index (χ1v) is 8.91. The molecule has 0 saturated heterocycles. The van der Waals surface area contributed by atoms with Gasteiger partial charge in [-0.1, -0.05) is 23.2 Å². The average molecular weight is 430 g/mol. The molecule has 1 aliphatic rings. The number of nitrogens with zero attached hydrogens (tertiary/aromatic N) is 2. The van der Waals surface area contributed by atoms with Crippen LogP contribution < -0.4 is 0 Å². The normalized spacial score (nSPS) is 12.3. The number of rotatable bonds is 2. The van der Waals surface area contributed by atoms with E-state index in [-0.39, 0.29) is 5.69 Å². The van der Waals surface area contributed by atoms with Crippen LogP contribution >= 0.6 is 50.5 Å². The molecule has 2 aromatic heterocycles. The number of fused-ring (bicyclic) bond motifs is 3. The summed E-state index contributed by atoms with van der Waals surface area (Å²) in [5.74, 6) is -1.04. The van der Waals surface area contributed by atoms with Crippen molar-refractivity contribution in [3.8, 4) is 16.3 Å². The number of aromatic nitrogens is 2. The van der Waals surface area contributed by atoms with Crippen LogP contribution in [-0.4, -0.2) is 20.9 Å². The number of aromatic carboxylic acids is 1. The van der Waals surface area contributed by atoms with Crippen LogP contribution in [0.4, 0.5) is 0 Å². The largest absolute Gasteiger partial charge is 0.476 e. The van der Waals surface area contributed by atoms with Crippen LogP contribution in [-0.2, 0) is 6.42 Å². The van der Waals surface area contributed by atoms with Gasteiger partial charge in [-0.2, -0.15) is 5.10 Å². The molecule has 0 atom stereocenters. The Labute approximate surface area is 153 Å². The molecule has 0 unspecified atom stereocenters. The van der Waals surface area contributed by atoms with E-state index in [0.717, 1.165) is 25.5 Å². The predicted octanol–water partition coefficient (Wildman–Crippen LogP) is 5.27. The Bertz CT molecular complexity index is 980. The molecule has 4 rings (SSSR count). The number of hydrogen-bond acceptors (Lipinski definition) is 3. The van der Waals surface area contributed by atoms with Crippen molar-refractivity contribution in [1.29, 1.82) is 0 Å². The number of benzene rings is 1. The summed E-state index contributed by atoms with van der Waals surface area (Å²) in [7, 11) is 0. The Kier molecular flexibility index (Phi) is 3.53. The van der Waals surface area contributed by atoms with E-state index in [9.17, 15) is 9.90 Å². The lowest BCUT2D eigenvalue weighted by Gasteiger charge is -2.08. The first-order chi connectivity index (χ1) is 11.0.